The summed E-state index contributed by atoms with van der Waals surface area (Å²) < 4.78 is 0. The minimum atomic E-state index is -1.29. The van der Waals surface area contributed by atoms with Crippen molar-refractivity contribution in [1.82, 2.24) is 0 Å². The molecule has 0 aliphatic carbocycles. The monoisotopic (exact) mass is 400 g/mol. The molecule has 1 atom stereocenters. The summed E-state index contributed by atoms with van der Waals surface area (Å²) in [5.41, 5.74) is 1.00. The summed E-state index contributed by atoms with van der Waals surface area (Å²) in [4.78, 5) is 34.1. The van der Waals surface area contributed by atoms with E-state index in [4.69, 9.17) is 5.11 Å². The van der Waals surface area contributed by atoms with Crippen LogP contribution in [0.1, 0.15) is 25.3 Å². The highest BCUT2D eigenvalue weighted by molar-refractivity contribution is 5.91. The fourth-order valence-electron chi connectivity index (χ4n) is 2.58. The van der Waals surface area contributed by atoms with E-state index in [9.17, 15) is 29.7 Å². The van der Waals surface area contributed by atoms with E-state index in [0.717, 1.165) is 11.6 Å². The molecule has 1 aromatic carbocycles. The third-order valence-corrected chi connectivity index (χ3v) is 4.01. The Labute approximate surface area is 168 Å². The molecule has 0 spiro atoms. The first-order valence-corrected chi connectivity index (χ1v) is 8.96. The molecule has 1 unspecified atom stereocenters. The number of benzene rings is 1. The maximum atomic E-state index is 11.8. The van der Waals surface area contributed by atoms with Crippen LogP contribution in [-0.4, -0.2) is 44.9 Å². The first-order chi connectivity index (χ1) is 13.8. The minimum absolute atomic E-state index is 0.00378. The van der Waals surface area contributed by atoms with Crippen LogP contribution in [0.2, 0.25) is 0 Å². The number of carbonyl (C=O) groups is 3. The number of hydrogen-bond acceptors (Lipinski definition) is 4. The molecule has 0 aromatic heterocycles. The topological polar surface area (TPSA) is 132 Å². The first kappa shape index (κ1) is 23.6. The van der Waals surface area contributed by atoms with Crippen molar-refractivity contribution in [2.24, 2.45) is 5.92 Å². The van der Waals surface area contributed by atoms with Crippen LogP contribution in [0, 0.1) is 5.92 Å². The van der Waals surface area contributed by atoms with Gasteiger partial charge in [-0.1, -0.05) is 43.3 Å². The van der Waals surface area contributed by atoms with Crippen molar-refractivity contribution in [1.29, 1.82) is 0 Å². The third kappa shape index (κ3) is 8.40. The number of aliphatic hydroxyl groups is 1. The Morgan fingerprint density at radius 2 is 1.66 bits per heavy atom. The van der Waals surface area contributed by atoms with E-state index in [1.54, 1.807) is 37.3 Å². The van der Waals surface area contributed by atoms with Crippen molar-refractivity contribution in [2.75, 3.05) is 6.61 Å². The van der Waals surface area contributed by atoms with Crippen molar-refractivity contribution < 1.29 is 34.8 Å². The van der Waals surface area contributed by atoms with E-state index in [2.05, 4.69) is 0 Å². The molecule has 0 amide bonds. The highest BCUT2D eigenvalue weighted by Crippen LogP contribution is 2.22. The van der Waals surface area contributed by atoms with Crippen LogP contribution in [-0.2, 0) is 14.4 Å². The molecule has 1 aromatic rings. The molecule has 0 radical (unpaired) electrons. The molecule has 7 nitrogen and oxygen atoms in total. The molecule has 0 fully saturated rings. The molecule has 0 heterocycles. The Morgan fingerprint density at radius 3 is 2.14 bits per heavy atom. The van der Waals surface area contributed by atoms with Gasteiger partial charge >= 0.3 is 17.9 Å². The van der Waals surface area contributed by atoms with Crippen LogP contribution in [0.3, 0.4) is 0 Å². The number of allylic oxidation sites excluding steroid dienone is 4. The Balaban J connectivity index is 3.58. The number of aliphatic carboxylic acids is 3. The van der Waals surface area contributed by atoms with Gasteiger partial charge in [-0.05, 0) is 42.2 Å². The maximum Gasteiger partial charge on any atom is 0.332 e. The molecule has 4 N–H and O–H groups in total. The van der Waals surface area contributed by atoms with Crippen molar-refractivity contribution >= 4 is 24.0 Å². The molecule has 0 aliphatic heterocycles. The van der Waals surface area contributed by atoms with Crippen LogP contribution in [0.25, 0.3) is 6.08 Å². The summed E-state index contributed by atoms with van der Waals surface area (Å²) in [6, 6.07) is 8.95. The lowest BCUT2D eigenvalue weighted by Crippen LogP contribution is -2.13. The minimum Gasteiger partial charge on any atom is -0.478 e. The van der Waals surface area contributed by atoms with Gasteiger partial charge in [0.25, 0.3) is 0 Å². The molecule has 0 aliphatic rings. The van der Waals surface area contributed by atoms with Crippen LogP contribution in [0.15, 0.2) is 71.4 Å². The largest absolute Gasteiger partial charge is 0.478 e. The Bertz CT molecular complexity index is 845. The fourth-order valence-corrected chi connectivity index (χ4v) is 2.58. The van der Waals surface area contributed by atoms with E-state index < -0.39 is 23.8 Å². The standard InChI is InChI=1S/C22H24O7/c1-2-17(21(26)27)13-16(12-15-6-4-3-5-7-15)14-19(22(28)29)18(10-11-23)8-9-20(24)25/h3-9,12-14,18,23H,2,10-11H2,1H3,(H,24,25)(H,26,27)(H,28,29). The van der Waals surface area contributed by atoms with Crippen molar-refractivity contribution in [2.45, 2.75) is 19.8 Å². The molecule has 29 heavy (non-hydrogen) atoms. The Morgan fingerprint density at radius 1 is 1.00 bits per heavy atom. The SMILES string of the molecule is CCC(=CC(=Cc1ccccc1)C=C(C(=O)O)C(C=CC(=O)O)CCO)C(=O)O. The quantitative estimate of drug-likeness (QED) is 0.331. The summed E-state index contributed by atoms with van der Waals surface area (Å²) in [7, 11) is 0. The lowest BCUT2D eigenvalue weighted by atomic mass is 9.92. The van der Waals surface area contributed by atoms with Gasteiger partial charge in [0.15, 0.2) is 0 Å². The summed E-state index contributed by atoms with van der Waals surface area (Å²) in [5.74, 6) is -4.51. The van der Waals surface area contributed by atoms with Gasteiger partial charge in [-0.3, -0.25) is 0 Å². The van der Waals surface area contributed by atoms with Crippen molar-refractivity contribution in [3.8, 4) is 0 Å². The van der Waals surface area contributed by atoms with Crippen LogP contribution in [0.5, 0.6) is 0 Å². The fraction of sp³-hybridized carbons (Fsp3) is 0.227. The average molecular weight is 400 g/mol. The lowest BCUT2D eigenvalue weighted by molar-refractivity contribution is -0.134. The molecular weight excluding hydrogens is 376 g/mol. The zero-order valence-corrected chi connectivity index (χ0v) is 16.0. The van der Waals surface area contributed by atoms with Crippen LogP contribution >= 0.6 is 0 Å². The summed E-state index contributed by atoms with van der Waals surface area (Å²) >= 11 is 0. The second-order valence-corrected chi connectivity index (χ2v) is 6.10. The normalized spacial score (nSPS) is 14.1. The van der Waals surface area contributed by atoms with Gasteiger partial charge in [0, 0.05) is 29.7 Å². The van der Waals surface area contributed by atoms with Gasteiger partial charge in [0.2, 0.25) is 0 Å². The zero-order chi connectivity index (χ0) is 21.8. The predicted molar refractivity (Wildman–Crippen MR) is 108 cm³/mol. The van der Waals surface area contributed by atoms with Gasteiger partial charge in [-0.2, -0.15) is 0 Å². The molecule has 1 rings (SSSR count). The highest BCUT2D eigenvalue weighted by atomic mass is 16.4. The second-order valence-electron chi connectivity index (χ2n) is 6.10. The molecule has 7 heteroatoms. The van der Waals surface area contributed by atoms with E-state index in [0.29, 0.717) is 5.57 Å². The van der Waals surface area contributed by atoms with E-state index in [-0.39, 0.29) is 30.6 Å². The average Bonchev–Trinajstić information content (AvgIpc) is 2.67. The first-order valence-electron chi connectivity index (χ1n) is 8.96. The van der Waals surface area contributed by atoms with Gasteiger partial charge < -0.3 is 20.4 Å². The molecular formula is C22H24O7. The number of carboxylic acid groups (broad SMARTS) is 3. The van der Waals surface area contributed by atoms with Gasteiger partial charge in [-0.25, -0.2) is 14.4 Å². The lowest BCUT2D eigenvalue weighted by Gasteiger charge is -2.13. The Kier molecular flexibility index (Phi) is 9.84. The van der Waals surface area contributed by atoms with Crippen LogP contribution in [0.4, 0.5) is 0 Å². The smallest absolute Gasteiger partial charge is 0.332 e. The van der Waals surface area contributed by atoms with Crippen molar-refractivity contribution in [3.63, 3.8) is 0 Å². The summed E-state index contributed by atoms with van der Waals surface area (Å²) in [6.07, 6.45) is 6.58. The highest BCUT2D eigenvalue weighted by Gasteiger charge is 2.19. The van der Waals surface area contributed by atoms with Crippen molar-refractivity contribution in [3.05, 3.63) is 76.9 Å². The molecule has 0 saturated carbocycles. The van der Waals surface area contributed by atoms with Gasteiger partial charge in [0.05, 0.1) is 0 Å². The zero-order valence-electron chi connectivity index (χ0n) is 16.0. The number of carboxylic acids is 3. The maximum absolute atomic E-state index is 11.8. The summed E-state index contributed by atoms with van der Waals surface area (Å²) in [6.45, 7) is 1.33. The third-order valence-electron chi connectivity index (χ3n) is 4.01. The van der Waals surface area contributed by atoms with E-state index >= 15 is 0 Å². The summed E-state index contributed by atoms with van der Waals surface area (Å²) in [5, 5.41) is 37.1. The second kappa shape index (κ2) is 12.1. The van der Waals surface area contributed by atoms with Crippen LogP contribution < -0.4 is 0 Å². The van der Waals surface area contributed by atoms with E-state index in [1.807, 2.05) is 6.07 Å². The number of rotatable bonds is 11. The molecule has 0 saturated heterocycles. The molecule has 154 valence electrons. The van der Waals surface area contributed by atoms with Gasteiger partial charge in [-0.15, -0.1) is 0 Å². The predicted octanol–water partition coefficient (Wildman–Crippen LogP) is 3.14. The Hall–Kier alpha value is -3.45. The van der Waals surface area contributed by atoms with Gasteiger partial charge in [0.1, 0.15) is 0 Å². The molecule has 0 bridgehead atoms. The van der Waals surface area contributed by atoms with E-state index in [1.165, 1.54) is 18.2 Å². The number of aliphatic hydroxyl groups excluding tert-OH is 1. The number of hydrogen-bond donors (Lipinski definition) is 4.